The van der Waals surface area contributed by atoms with E-state index in [0.29, 0.717) is 27.8 Å². The molecule has 6 nitrogen and oxygen atoms in total. The van der Waals surface area contributed by atoms with Crippen molar-refractivity contribution in [3.8, 4) is 17.2 Å². The second-order valence-corrected chi connectivity index (χ2v) is 7.51. The second kappa shape index (κ2) is 8.14. The van der Waals surface area contributed by atoms with Crippen molar-refractivity contribution in [2.24, 2.45) is 0 Å². The molecule has 0 saturated carbocycles. The first kappa shape index (κ1) is 19.7. The minimum Gasteiger partial charge on any atom is -0.493 e. The third-order valence-corrected chi connectivity index (χ3v) is 5.49. The topological polar surface area (TPSA) is 73.9 Å². The lowest BCUT2D eigenvalue weighted by Crippen LogP contribution is -2.23. The zero-order chi connectivity index (χ0) is 18.6. The highest BCUT2D eigenvalue weighted by molar-refractivity contribution is 7.89. The van der Waals surface area contributed by atoms with Crippen molar-refractivity contribution in [2.45, 2.75) is 11.4 Å². The Morgan fingerprint density at radius 1 is 0.960 bits per heavy atom. The van der Waals surface area contributed by atoms with Gasteiger partial charge in [0, 0.05) is 11.6 Å². The molecule has 0 unspecified atom stereocenters. The fourth-order valence-corrected chi connectivity index (χ4v) is 3.97. The molecule has 0 atom stereocenters. The van der Waals surface area contributed by atoms with Crippen LogP contribution in [0, 0.1) is 0 Å². The number of nitrogens with one attached hydrogen (secondary N) is 1. The zero-order valence-electron chi connectivity index (χ0n) is 13.8. The Morgan fingerprint density at radius 3 is 2.04 bits per heavy atom. The maximum absolute atomic E-state index is 12.4. The first-order valence-corrected chi connectivity index (χ1v) is 9.30. The summed E-state index contributed by atoms with van der Waals surface area (Å²) in [6.45, 7) is 0.0119. The van der Waals surface area contributed by atoms with E-state index in [9.17, 15) is 8.42 Å². The van der Waals surface area contributed by atoms with Crippen LogP contribution in [0.5, 0.6) is 17.2 Å². The van der Waals surface area contributed by atoms with Crippen LogP contribution >= 0.6 is 23.2 Å². The van der Waals surface area contributed by atoms with Crippen molar-refractivity contribution >= 4 is 33.2 Å². The van der Waals surface area contributed by atoms with Crippen molar-refractivity contribution in [1.82, 2.24) is 4.72 Å². The van der Waals surface area contributed by atoms with Gasteiger partial charge in [0.1, 0.15) is 4.90 Å². The van der Waals surface area contributed by atoms with Gasteiger partial charge in [-0.3, -0.25) is 0 Å². The van der Waals surface area contributed by atoms with E-state index in [2.05, 4.69) is 4.72 Å². The van der Waals surface area contributed by atoms with Crippen molar-refractivity contribution in [1.29, 1.82) is 0 Å². The Kier molecular flexibility index (Phi) is 6.40. The second-order valence-electron chi connectivity index (χ2n) is 4.93. The number of sulfonamides is 1. The van der Waals surface area contributed by atoms with Crippen molar-refractivity contribution in [3.05, 3.63) is 45.9 Å². The van der Waals surface area contributed by atoms with Crippen LogP contribution in [0.15, 0.2) is 35.2 Å². The van der Waals surface area contributed by atoms with E-state index in [-0.39, 0.29) is 16.5 Å². The van der Waals surface area contributed by atoms with E-state index in [1.54, 1.807) is 12.1 Å². The summed E-state index contributed by atoms with van der Waals surface area (Å²) >= 11 is 11.8. The van der Waals surface area contributed by atoms with Gasteiger partial charge in [-0.1, -0.05) is 23.2 Å². The summed E-state index contributed by atoms with van der Waals surface area (Å²) in [5.41, 5.74) is 0.628. The molecule has 1 N–H and O–H groups in total. The molecule has 0 spiro atoms. The zero-order valence-corrected chi connectivity index (χ0v) is 16.1. The van der Waals surface area contributed by atoms with E-state index in [1.165, 1.54) is 39.5 Å². The normalized spacial score (nSPS) is 11.2. The molecular weight excluding hydrogens is 389 g/mol. The molecule has 0 aliphatic carbocycles. The van der Waals surface area contributed by atoms with Crippen molar-refractivity contribution in [3.63, 3.8) is 0 Å². The number of benzene rings is 2. The molecule has 0 amide bonds. The molecule has 0 radical (unpaired) electrons. The van der Waals surface area contributed by atoms with Gasteiger partial charge >= 0.3 is 0 Å². The Bertz CT molecular complexity index is 846. The SMILES string of the molecule is COc1cc(CNS(=O)(=O)c2ccc(Cl)cc2Cl)cc(OC)c1OC. The number of rotatable bonds is 7. The van der Waals surface area contributed by atoms with Gasteiger partial charge in [0.25, 0.3) is 0 Å². The number of halogens is 2. The summed E-state index contributed by atoms with van der Waals surface area (Å²) < 4.78 is 43.1. The van der Waals surface area contributed by atoms with Crippen LogP contribution in [0.4, 0.5) is 0 Å². The quantitative estimate of drug-likeness (QED) is 0.762. The fourth-order valence-electron chi connectivity index (χ4n) is 2.19. The molecule has 0 bridgehead atoms. The molecule has 136 valence electrons. The first-order chi connectivity index (χ1) is 11.8. The van der Waals surface area contributed by atoms with Gasteiger partial charge in [-0.2, -0.15) is 0 Å². The Morgan fingerprint density at radius 2 is 1.56 bits per heavy atom. The number of methoxy groups -OCH3 is 3. The van der Waals surface area contributed by atoms with E-state index >= 15 is 0 Å². The van der Waals surface area contributed by atoms with Gasteiger partial charge in [0.05, 0.1) is 26.4 Å². The molecule has 0 aliphatic rings. The number of hydrogen-bond donors (Lipinski definition) is 1. The standard InChI is InChI=1S/C16H17Cl2NO5S/c1-22-13-6-10(7-14(23-2)16(13)24-3)9-19-25(20,21)15-5-4-11(17)8-12(15)18/h4-8,19H,9H2,1-3H3. The minimum absolute atomic E-state index is 0.0119. The van der Waals surface area contributed by atoms with Crippen LogP contribution in [0.25, 0.3) is 0 Å². The summed E-state index contributed by atoms with van der Waals surface area (Å²) in [4.78, 5) is -0.0500. The van der Waals surface area contributed by atoms with Crippen LogP contribution in [-0.2, 0) is 16.6 Å². The highest BCUT2D eigenvalue weighted by atomic mass is 35.5. The highest BCUT2D eigenvalue weighted by Gasteiger charge is 2.19. The van der Waals surface area contributed by atoms with Gasteiger partial charge in [0.15, 0.2) is 11.5 Å². The third-order valence-electron chi connectivity index (χ3n) is 3.37. The van der Waals surface area contributed by atoms with Gasteiger partial charge in [0.2, 0.25) is 15.8 Å². The fraction of sp³-hybridized carbons (Fsp3) is 0.250. The summed E-state index contributed by atoms with van der Waals surface area (Å²) in [5.74, 6) is 1.29. The molecule has 2 aromatic carbocycles. The lowest BCUT2D eigenvalue weighted by Gasteiger charge is -2.15. The molecule has 0 fully saturated rings. The number of ether oxygens (including phenoxy) is 3. The van der Waals surface area contributed by atoms with Gasteiger partial charge in [-0.05, 0) is 35.9 Å². The van der Waals surface area contributed by atoms with Crippen molar-refractivity contribution in [2.75, 3.05) is 21.3 Å². The minimum atomic E-state index is -3.81. The third kappa shape index (κ3) is 4.49. The van der Waals surface area contributed by atoms with Crippen LogP contribution in [0.2, 0.25) is 10.0 Å². The Balaban J connectivity index is 2.28. The van der Waals surface area contributed by atoms with E-state index in [0.717, 1.165) is 0 Å². The average Bonchev–Trinajstić information content (AvgIpc) is 2.58. The Labute approximate surface area is 156 Å². The smallest absolute Gasteiger partial charge is 0.242 e. The van der Waals surface area contributed by atoms with Crippen LogP contribution in [-0.4, -0.2) is 29.7 Å². The molecule has 25 heavy (non-hydrogen) atoms. The largest absolute Gasteiger partial charge is 0.493 e. The maximum atomic E-state index is 12.4. The lowest BCUT2D eigenvalue weighted by atomic mass is 10.2. The predicted octanol–water partition coefficient (Wildman–Crippen LogP) is 3.50. The monoisotopic (exact) mass is 405 g/mol. The molecule has 2 rings (SSSR count). The van der Waals surface area contributed by atoms with Crippen molar-refractivity contribution < 1.29 is 22.6 Å². The van der Waals surface area contributed by atoms with E-state index in [1.807, 2.05) is 0 Å². The summed E-state index contributed by atoms with van der Waals surface area (Å²) in [6, 6.07) is 7.50. The summed E-state index contributed by atoms with van der Waals surface area (Å²) in [6.07, 6.45) is 0. The van der Waals surface area contributed by atoms with Crippen LogP contribution in [0.1, 0.15) is 5.56 Å². The number of hydrogen-bond acceptors (Lipinski definition) is 5. The highest BCUT2D eigenvalue weighted by Crippen LogP contribution is 2.38. The Hall–Kier alpha value is -1.67. The lowest BCUT2D eigenvalue weighted by molar-refractivity contribution is 0.323. The molecule has 0 aromatic heterocycles. The van der Waals surface area contributed by atoms with Crippen LogP contribution in [0.3, 0.4) is 0 Å². The van der Waals surface area contributed by atoms with Gasteiger partial charge in [-0.25, -0.2) is 13.1 Å². The molecule has 0 heterocycles. The van der Waals surface area contributed by atoms with Crippen LogP contribution < -0.4 is 18.9 Å². The van der Waals surface area contributed by atoms with Gasteiger partial charge in [-0.15, -0.1) is 0 Å². The summed E-state index contributed by atoms with van der Waals surface area (Å²) in [7, 11) is 0.647. The molecular formula is C16H17Cl2NO5S. The average molecular weight is 406 g/mol. The summed E-state index contributed by atoms with van der Waals surface area (Å²) in [5, 5.41) is 0.401. The molecule has 0 saturated heterocycles. The first-order valence-electron chi connectivity index (χ1n) is 7.06. The van der Waals surface area contributed by atoms with E-state index < -0.39 is 10.0 Å². The van der Waals surface area contributed by atoms with Gasteiger partial charge < -0.3 is 14.2 Å². The molecule has 2 aromatic rings. The van der Waals surface area contributed by atoms with E-state index in [4.69, 9.17) is 37.4 Å². The molecule has 0 aliphatic heterocycles. The predicted molar refractivity (Wildman–Crippen MR) is 96.6 cm³/mol. The molecule has 9 heteroatoms. The maximum Gasteiger partial charge on any atom is 0.242 e.